The molecule has 0 bridgehead atoms. The van der Waals surface area contributed by atoms with E-state index in [0.717, 1.165) is 39.6 Å². The summed E-state index contributed by atoms with van der Waals surface area (Å²) >= 11 is 0. The van der Waals surface area contributed by atoms with Gasteiger partial charge in [0, 0.05) is 63.7 Å². The van der Waals surface area contributed by atoms with E-state index in [4.69, 9.17) is 9.72 Å². The lowest BCUT2D eigenvalue weighted by Gasteiger charge is -2.29. The summed E-state index contributed by atoms with van der Waals surface area (Å²) in [6.45, 7) is 33.0. The molecule has 7 aromatic carbocycles. The minimum atomic E-state index is -0.408. The highest BCUT2D eigenvalue weighted by molar-refractivity contribution is 6.12. The summed E-state index contributed by atoms with van der Waals surface area (Å²) in [5.41, 5.74) is 16.4. The summed E-state index contributed by atoms with van der Waals surface area (Å²) in [5, 5.41) is 2.37. The van der Waals surface area contributed by atoms with Crippen molar-refractivity contribution in [1.29, 1.82) is 0 Å². The highest BCUT2D eigenvalue weighted by Gasteiger charge is 2.31. The third kappa shape index (κ3) is 9.79. The number of aromatic nitrogens is 2. The molecule has 0 N–H and O–H groups in total. The Kier molecular flexibility index (Phi) is 13.2. The lowest BCUT2D eigenvalue weighted by Crippen LogP contribution is -2.26. The van der Waals surface area contributed by atoms with E-state index in [2.05, 4.69) is 287 Å². The average Bonchev–Trinajstić information content (AvgIpc) is 4.04. The van der Waals surface area contributed by atoms with E-state index in [-0.39, 0.29) is 16.2 Å². The van der Waals surface area contributed by atoms with Gasteiger partial charge in [0.05, 0.1) is 17.7 Å². The highest BCUT2D eigenvalue weighted by atomic mass is 16.5. The molecule has 0 atom stereocenters. The molecular weight excluding hydrogens is 913 g/mol. The van der Waals surface area contributed by atoms with Crippen molar-refractivity contribution >= 4 is 33.2 Å². The van der Waals surface area contributed by atoms with Crippen LogP contribution >= 0.6 is 0 Å². The van der Waals surface area contributed by atoms with Crippen molar-refractivity contribution in [2.75, 3.05) is 16.5 Å². The predicted molar refractivity (Wildman–Crippen MR) is 319 cm³/mol. The van der Waals surface area contributed by atoms with Crippen molar-refractivity contribution in [1.82, 2.24) is 9.55 Å². The van der Waals surface area contributed by atoms with E-state index in [1.807, 2.05) is 6.20 Å². The lowest BCUT2D eigenvalue weighted by molar-refractivity contribution is 0.481. The predicted octanol–water partition coefficient (Wildman–Crippen LogP) is 18.9. The maximum absolute atomic E-state index is 7.46. The number of hydrogen-bond acceptors (Lipinski definition) is 4. The Morgan fingerprint density at radius 2 is 1.01 bits per heavy atom. The minimum Gasteiger partial charge on any atom is -0.457 e. The molecular formula is C70H76N4O. The van der Waals surface area contributed by atoms with Crippen molar-refractivity contribution < 1.29 is 4.74 Å². The van der Waals surface area contributed by atoms with Crippen molar-refractivity contribution in [2.24, 2.45) is 0 Å². The first-order valence-electron chi connectivity index (χ1n) is 27.1. The standard InChI is InChI=1S/C70H76N4O/c1-46(2)58-29-23-30-59(47(3)4)65(58)48-36-54(72-34-35-73(45-72)55-39-52(67(5,6)7)38-53(40-55)68(8,9)10)42-56(37-48)75-57-43-61(70(13,14)50-26-19-16-20-27-50)66-60-28-21-22-31-62(60)74(63(66)44-57)64-41-51(32-33-71-64)69(11,12)49-24-17-15-18-25-49/h15-44,46-47H,45H2,1-14H3. The smallest absolute Gasteiger partial charge is 0.137 e. The average molecular weight is 989 g/mol. The van der Waals surface area contributed by atoms with Crippen LogP contribution in [0.15, 0.2) is 182 Å². The normalized spacial score (nSPS) is 13.5. The Labute approximate surface area is 447 Å². The number of fused-ring (bicyclic) bond motifs is 3. The molecule has 2 aromatic heterocycles. The zero-order chi connectivity index (χ0) is 53.2. The largest absolute Gasteiger partial charge is 0.457 e. The molecule has 0 unspecified atom stereocenters. The second kappa shape index (κ2) is 19.4. The molecule has 0 spiro atoms. The molecule has 5 nitrogen and oxygen atoms in total. The van der Waals surface area contributed by atoms with Gasteiger partial charge in [-0.2, -0.15) is 0 Å². The Hall–Kier alpha value is -7.37. The van der Waals surface area contributed by atoms with Gasteiger partial charge in [-0.1, -0.05) is 200 Å². The Bertz CT molecular complexity index is 3520. The zero-order valence-corrected chi connectivity index (χ0v) is 46.9. The van der Waals surface area contributed by atoms with Crippen molar-refractivity contribution in [3.63, 3.8) is 0 Å². The van der Waals surface area contributed by atoms with Gasteiger partial charge < -0.3 is 14.5 Å². The van der Waals surface area contributed by atoms with Crippen molar-refractivity contribution in [2.45, 2.75) is 130 Å². The van der Waals surface area contributed by atoms with Crippen LogP contribution in [-0.2, 0) is 21.7 Å². The highest BCUT2D eigenvalue weighted by Crippen LogP contribution is 2.47. The number of nitrogens with zero attached hydrogens (tertiary/aromatic N) is 4. The maximum atomic E-state index is 7.46. The first kappa shape index (κ1) is 51.1. The van der Waals surface area contributed by atoms with E-state index in [9.17, 15) is 0 Å². The van der Waals surface area contributed by atoms with Gasteiger partial charge in [-0.25, -0.2) is 4.98 Å². The fourth-order valence-electron chi connectivity index (χ4n) is 11.2. The van der Waals surface area contributed by atoms with Gasteiger partial charge in [0.15, 0.2) is 0 Å². The van der Waals surface area contributed by atoms with Gasteiger partial charge in [0.1, 0.15) is 17.3 Å². The van der Waals surface area contributed by atoms with Crippen molar-refractivity contribution in [3.05, 3.63) is 227 Å². The number of pyridine rings is 1. The number of hydrogen-bond donors (Lipinski definition) is 0. The summed E-state index contributed by atoms with van der Waals surface area (Å²) in [4.78, 5) is 9.91. The van der Waals surface area contributed by atoms with E-state index in [1.54, 1.807) is 0 Å². The van der Waals surface area contributed by atoms with Crippen LogP contribution in [-0.4, -0.2) is 16.2 Å². The van der Waals surface area contributed by atoms with Gasteiger partial charge in [-0.3, -0.25) is 4.57 Å². The van der Waals surface area contributed by atoms with Gasteiger partial charge in [0.2, 0.25) is 0 Å². The molecule has 3 heterocycles. The molecule has 0 saturated carbocycles. The molecule has 75 heavy (non-hydrogen) atoms. The van der Waals surface area contributed by atoms with Crippen LogP contribution in [0.5, 0.6) is 11.5 Å². The number of rotatable bonds is 12. The molecule has 9 aromatic rings. The zero-order valence-electron chi connectivity index (χ0n) is 46.9. The molecule has 382 valence electrons. The van der Waals surface area contributed by atoms with E-state index >= 15 is 0 Å². The van der Waals surface area contributed by atoms with E-state index in [1.165, 1.54) is 66.5 Å². The molecule has 0 amide bonds. The van der Waals surface area contributed by atoms with E-state index < -0.39 is 5.41 Å². The molecule has 0 radical (unpaired) electrons. The first-order chi connectivity index (χ1) is 35.6. The third-order valence-electron chi connectivity index (χ3n) is 15.9. The summed E-state index contributed by atoms with van der Waals surface area (Å²) in [5.74, 6) is 3.05. The van der Waals surface area contributed by atoms with Crippen LogP contribution in [0.25, 0.3) is 38.8 Å². The van der Waals surface area contributed by atoms with Crippen LogP contribution in [0.3, 0.4) is 0 Å². The summed E-state index contributed by atoms with van der Waals surface area (Å²) in [7, 11) is 0. The Morgan fingerprint density at radius 3 is 1.60 bits per heavy atom. The minimum absolute atomic E-state index is 0.00498. The number of anilines is 2. The first-order valence-corrected chi connectivity index (χ1v) is 27.1. The Morgan fingerprint density at radius 1 is 0.467 bits per heavy atom. The van der Waals surface area contributed by atoms with Crippen LogP contribution in [0.1, 0.15) is 153 Å². The molecule has 0 aliphatic carbocycles. The van der Waals surface area contributed by atoms with Crippen LogP contribution in [0.4, 0.5) is 11.4 Å². The van der Waals surface area contributed by atoms with Gasteiger partial charge >= 0.3 is 0 Å². The van der Waals surface area contributed by atoms with Crippen molar-refractivity contribution in [3.8, 4) is 28.4 Å². The number of benzene rings is 7. The second-order valence-electron chi connectivity index (χ2n) is 24.7. The lowest BCUT2D eigenvalue weighted by atomic mass is 9.76. The fourth-order valence-corrected chi connectivity index (χ4v) is 11.2. The van der Waals surface area contributed by atoms with Crippen LogP contribution in [0.2, 0.25) is 0 Å². The molecule has 1 aliphatic rings. The summed E-state index contributed by atoms with van der Waals surface area (Å²) < 4.78 is 9.82. The second-order valence-corrected chi connectivity index (χ2v) is 24.7. The van der Waals surface area contributed by atoms with Crippen LogP contribution < -0.4 is 14.5 Å². The van der Waals surface area contributed by atoms with Gasteiger partial charge in [0.25, 0.3) is 0 Å². The Balaban J connectivity index is 1.17. The monoisotopic (exact) mass is 989 g/mol. The SMILES string of the molecule is CC(C)c1cccc(C(C)C)c1-c1cc(Oc2cc(C(C)(C)c3ccccc3)c3c4ccccc4n(-c4cc(C(C)(C)c5ccccc5)ccn4)c3c2)cc(N2C=CN(c3cc(C(C)(C)C)cc(C(C)(C)C)c3)C2)c1. The van der Waals surface area contributed by atoms with Crippen LogP contribution in [0, 0.1) is 0 Å². The fraction of sp³-hybridized carbons (Fsp3) is 0.300. The molecule has 5 heteroatoms. The molecule has 10 rings (SSSR count). The van der Waals surface area contributed by atoms with Gasteiger partial charge in [-0.05, 0) is 127 Å². The topological polar surface area (TPSA) is 33.5 Å². The molecule has 0 fully saturated rings. The molecule has 1 aliphatic heterocycles. The maximum Gasteiger partial charge on any atom is 0.137 e. The third-order valence-corrected chi connectivity index (χ3v) is 15.9. The quantitative estimate of drug-likeness (QED) is 0.122. The summed E-state index contributed by atoms with van der Waals surface area (Å²) in [6, 6.07) is 60.3. The van der Waals surface area contributed by atoms with E-state index in [0.29, 0.717) is 18.5 Å². The van der Waals surface area contributed by atoms with Gasteiger partial charge in [-0.15, -0.1) is 0 Å². The number of para-hydroxylation sites is 1. The number of ether oxygens (including phenoxy) is 1. The summed E-state index contributed by atoms with van der Waals surface area (Å²) in [6.07, 6.45) is 6.43. The molecule has 0 saturated heterocycles.